The number of Topliss-reactive ketones (excluding diaryl/α,β-unsaturated/α-hetero) is 1. The lowest BCUT2D eigenvalue weighted by atomic mass is 9.95. The molecule has 4 rings (SSSR count). The van der Waals surface area contributed by atoms with Gasteiger partial charge in [-0.1, -0.05) is 6.07 Å². The molecular weight excluding hydrogens is 488 g/mol. The number of ether oxygens (including phenoxy) is 4. The number of aliphatic hydroxyl groups excluding tert-OH is 1. The highest BCUT2D eigenvalue weighted by Gasteiger charge is 2.46. The van der Waals surface area contributed by atoms with E-state index in [2.05, 4.69) is 4.90 Å². The fourth-order valence-electron chi connectivity index (χ4n) is 4.78. The van der Waals surface area contributed by atoms with Crippen molar-refractivity contribution in [3.05, 3.63) is 59.2 Å². The van der Waals surface area contributed by atoms with Gasteiger partial charge in [0.05, 0.1) is 44.6 Å². The van der Waals surface area contributed by atoms with E-state index in [9.17, 15) is 14.7 Å². The van der Waals surface area contributed by atoms with Gasteiger partial charge in [0, 0.05) is 31.7 Å². The van der Waals surface area contributed by atoms with E-state index in [0.717, 1.165) is 13.1 Å². The number of methoxy groups -OCH3 is 1. The van der Waals surface area contributed by atoms with Crippen molar-refractivity contribution < 1.29 is 33.6 Å². The number of likely N-dealkylation sites (tertiary alicyclic amines) is 1. The minimum absolute atomic E-state index is 0.000813. The van der Waals surface area contributed by atoms with Crippen molar-refractivity contribution in [2.75, 3.05) is 53.1 Å². The molecule has 0 aliphatic carbocycles. The Balaban J connectivity index is 1.75. The molecule has 204 valence electrons. The third-order valence-electron chi connectivity index (χ3n) is 6.60. The summed E-state index contributed by atoms with van der Waals surface area (Å²) in [6.45, 7) is 9.89. The van der Waals surface area contributed by atoms with E-state index >= 15 is 0 Å². The fourth-order valence-corrected chi connectivity index (χ4v) is 4.78. The van der Waals surface area contributed by atoms with Crippen molar-refractivity contribution in [1.82, 2.24) is 9.80 Å². The van der Waals surface area contributed by atoms with Gasteiger partial charge < -0.3 is 29.0 Å². The molecular formula is C29H36N2O7. The first-order valence-electron chi connectivity index (χ1n) is 13.0. The van der Waals surface area contributed by atoms with Crippen LogP contribution >= 0.6 is 0 Å². The molecule has 1 unspecified atom stereocenters. The van der Waals surface area contributed by atoms with Crippen LogP contribution in [0.3, 0.4) is 0 Å². The Morgan fingerprint density at radius 2 is 1.76 bits per heavy atom. The first-order chi connectivity index (χ1) is 18.3. The molecule has 2 aliphatic rings. The van der Waals surface area contributed by atoms with Crippen LogP contribution in [-0.4, -0.2) is 85.8 Å². The molecule has 0 spiro atoms. The lowest BCUT2D eigenvalue weighted by Crippen LogP contribution is -2.42. The van der Waals surface area contributed by atoms with Gasteiger partial charge in [-0.15, -0.1) is 0 Å². The molecule has 1 N–H and O–H groups in total. The molecule has 38 heavy (non-hydrogen) atoms. The standard InChI is InChI=1S/C29H36N2O7/c1-5-37-23-11-8-21(18-24(23)35-4)26-25(27(32)20-6-9-22(10-7-20)38-19(2)3)28(33)29(34)31(26)13-12-30-14-16-36-17-15-30/h6-11,18-19,26,32H,5,12-17H2,1-4H3/b27-25+. The SMILES string of the molecule is CCOc1ccc(C2/C(=C(\O)c3ccc(OC(C)C)cc3)C(=O)C(=O)N2CCN2CCOCC2)cc1OC. The van der Waals surface area contributed by atoms with Crippen LogP contribution in [0.1, 0.15) is 37.9 Å². The average Bonchev–Trinajstić information content (AvgIpc) is 3.17. The largest absolute Gasteiger partial charge is 0.507 e. The molecule has 0 bridgehead atoms. The van der Waals surface area contributed by atoms with Crippen LogP contribution in [-0.2, 0) is 14.3 Å². The van der Waals surface area contributed by atoms with Gasteiger partial charge >= 0.3 is 0 Å². The molecule has 2 aliphatic heterocycles. The van der Waals surface area contributed by atoms with Crippen molar-refractivity contribution in [2.24, 2.45) is 0 Å². The number of rotatable bonds is 10. The molecule has 1 atom stereocenters. The van der Waals surface area contributed by atoms with Crippen molar-refractivity contribution in [2.45, 2.75) is 32.9 Å². The number of hydrogen-bond acceptors (Lipinski definition) is 8. The van der Waals surface area contributed by atoms with E-state index in [-0.39, 0.29) is 17.4 Å². The molecule has 9 heteroatoms. The molecule has 2 heterocycles. The highest BCUT2D eigenvalue weighted by molar-refractivity contribution is 6.46. The number of nitrogens with zero attached hydrogens (tertiary/aromatic N) is 2. The van der Waals surface area contributed by atoms with Crippen LogP contribution in [0.4, 0.5) is 0 Å². The molecule has 9 nitrogen and oxygen atoms in total. The van der Waals surface area contributed by atoms with Gasteiger partial charge in [0.1, 0.15) is 11.5 Å². The van der Waals surface area contributed by atoms with E-state index < -0.39 is 17.7 Å². The van der Waals surface area contributed by atoms with Gasteiger partial charge in [-0.05, 0) is 62.7 Å². The predicted molar refractivity (Wildman–Crippen MR) is 143 cm³/mol. The predicted octanol–water partition coefficient (Wildman–Crippen LogP) is 3.64. The van der Waals surface area contributed by atoms with E-state index in [1.807, 2.05) is 20.8 Å². The number of benzene rings is 2. The summed E-state index contributed by atoms with van der Waals surface area (Å²) in [5.41, 5.74) is 1.11. The van der Waals surface area contributed by atoms with Crippen LogP contribution in [0.5, 0.6) is 17.2 Å². The summed E-state index contributed by atoms with van der Waals surface area (Å²) in [4.78, 5) is 30.4. The van der Waals surface area contributed by atoms with Crippen molar-refractivity contribution in [3.63, 3.8) is 0 Å². The summed E-state index contributed by atoms with van der Waals surface area (Å²) in [7, 11) is 1.54. The Bertz CT molecular complexity index is 1170. The summed E-state index contributed by atoms with van der Waals surface area (Å²) < 4.78 is 22.3. The molecule has 2 aromatic rings. The lowest BCUT2D eigenvalue weighted by Gasteiger charge is -2.31. The van der Waals surface area contributed by atoms with Gasteiger partial charge in [-0.3, -0.25) is 14.5 Å². The monoisotopic (exact) mass is 524 g/mol. The second-order valence-corrected chi connectivity index (χ2v) is 9.48. The van der Waals surface area contributed by atoms with Gasteiger partial charge in [0.2, 0.25) is 0 Å². The van der Waals surface area contributed by atoms with Crippen molar-refractivity contribution in [1.29, 1.82) is 0 Å². The Kier molecular flexibility index (Phi) is 8.91. The molecule has 0 aromatic heterocycles. The Labute approximate surface area is 223 Å². The Morgan fingerprint density at radius 1 is 1.05 bits per heavy atom. The van der Waals surface area contributed by atoms with Crippen molar-refractivity contribution >= 4 is 17.4 Å². The zero-order chi connectivity index (χ0) is 27.2. The molecule has 0 saturated carbocycles. The van der Waals surface area contributed by atoms with Crippen LogP contribution in [0.25, 0.3) is 5.76 Å². The highest BCUT2D eigenvalue weighted by Crippen LogP contribution is 2.42. The van der Waals surface area contributed by atoms with E-state index in [4.69, 9.17) is 18.9 Å². The average molecular weight is 525 g/mol. The second-order valence-electron chi connectivity index (χ2n) is 9.48. The maximum absolute atomic E-state index is 13.4. The van der Waals surface area contributed by atoms with Crippen molar-refractivity contribution in [3.8, 4) is 17.2 Å². The third-order valence-corrected chi connectivity index (χ3v) is 6.60. The maximum Gasteiger partial charge on any atom is 0.295 e. The Hall–Kier alpha value is -3.56. The number of carbonyl (C=O) groups is 2. The number of aliphatic hydroxyl groups is 1. The number of amides is 1. The smallest absolute Gasteiger partial charge is 0.295 e. The number of ketones is 1. The molecule has 2 fully saturated rings. The quantitative estimate of drug-likeness (QED) is 0.286. The molecule has 0 radical (unpaired) electrons. The van der Waals surface area contributed by atoms with E-state index in [1.165, 1.54) is 12.0 Å². The van der Waals surface area contributed by atoms with Crippen LogP contribution < -0.4 is 14.2 Å². The molecule has 1 amide bonds. The minimum Gasteiger partial charge on any atom is -0.507 e. The summed E-state index contributed by atoms with van der Waals surface area (Å²) in [6.07, 6.45) is 0.000813. The minimum atomic E-state index is -0.785. The lowest BCUT2D eigenvalue weighted by molar-refractivity contribution is -0.140. The van der Waals surface area contributed by atoms with Gasteiger partial charge in [-0.2, -0.15) is 0 Å². The first kappa shape index (κ1) is 27.5. The molecule has 2 aromatic carbocycles. The van der Waals surface area contributed by atoms with Crippen LogP contribution in [0, 0.1) is 0 Å². The summed E-state index contributed by atoms with van der Waals surface area (Å²) >= 11 is 0. The highest BCUT2D eigenvalue weighted by atomic mass is 16.5. The van der Waals surface area contributed by atoms with E-state index in [1.54, 1.807) is 42.5 Å². The molecule has 2 saturated heterocycles. The fraction of sp³-hybridized carbons (Fsp3) is 0.448. The second kappa shape index (κ2) is 12.3. The van der Waals surface area contributed by atoms with Crippen LogP contribution in [0.2, 0.25) is 0 Å². The number of hydrogen-bond donors (Lipinski definition) is 1. The Morgan fingerprint density at radius 3 is 2.39 bits per heavy atom. The number of morpholine rings is 1. The first-order valence-corrected chi connectivity index (χ1v) is 13.0. The van der Waals surface area contributed by atoms with E-state index in [0.29, 0.717) is 61.3 Å². The zero-order valence-corrected chi connectivity index (χ0v) is 22.4. The summed E-state index contributed by atoms with van der Waals surface area (Å²) in [6, 6.07) is 11.4. The maximum atomic E-state index is 13.4. The summed E-state index contributed by atoms with van der Waals surface area (Å²) in [5, 5.41) is 11.4. The topological polar surface area (TPSA) is 97.8 Å². The third kappa shape index (κ3) is 5.95. The normalized spacial score (nSPS) is 19.7. The van der Waals surface area contributed by atoms with Gasteiger partial charge in [0.25, 0.3) is 11.7 Å². The van der Waals surface area contributed by atoms with Crippen LogP contribution in [0.15, 0.2) is 48.0 Å². The zero-order valence-electron chi connectivity index (χ0n) is 22.4. The summed E-state index contributed by atoms with van der Waals surface area (Å²) in [5.74, 6) is 0.104. The number of carbonyl (C=O) groups excluding carboxylic acids is 2. The van der Waals surface area contributed by atoms with Gasteiger partial charge in [-0.25, -0.2) is 0 Å². The van der Waals surface area contributed by atoms with Gasteiger partial charge in [0.15, 0.2) is 11.5 Å².